The van der Waals surface area contributed by atoms with Gasteiger partial charge in [0.25, 0.3) is 5.91 Å². The Morgan fingerprint density at radius 1 is 1.09 bits per heavy atom. The number of amides is 2. The van der Waals surface area contributed by atoms with Crippen LogP contribution in [0.2, 0.25) is 0 Å². The molecule has 0 radical (unpaired) electrons. The Morgan fingerprint density at radius 2 is 1.70 bits per heavy atom. The molecule has 6 nitrogen and oxygen atoms in total. The zero-order valence-corrected chi connectivity index (χ0v) is 15.0. The highest BCUT2D eigenvalue weighted by Gasteiger charge is 2.28. The van der Waals surface area contributed by atoms with Crippen molar-refractivity contribution in [2.45, 2.75) is 37.4 Å². The molecule has 0 unspecified atom stereocenters. The minimum Gasteiger partial charge on any atom is -0.273 e. The lowest BCUT2D eigenvalue weighted by atomic mass is 10.2. The Kier molecular flexibility index (Phi) is 6.17. The number of sulfone groups is 1. The fourth-order valence-electron chi connectivity index (χ4n) is 2.51. The highest BCUT2D eigenvalue weighted by molar-refractivity contribution is 9.10. The van der Waals surface area contributed by atoms with Crippen LogP contribution in [0.5, 0.6) is 0 Å². The molecule has 1 aromatic rings. The van der Waals surface area contributed by atoms with E-state index in [1.54, 1.807) is 24.3 Å². The number of carbonyl (C=O) groups excluding carboxylic acids is 2. The van der Waals surface area contributed by atoms with Crippen molar-refractivity contribution < 1.29 is 18.0 Å². The second-order valence-corrected chi connectivity index (χ2v) is 8.85. The fourth-order valence-corrected chi connectivity index (χ4v) is 4.63. The van der Waals surface area contributed by atoms with Crippen molar-refractivity contribution in [3.63, 3.8) is 0 Å². The lowest BCUT2D eigenvalue weighted by Crippen LogP contribution is -2.42. The SMILES string of the molecule is O=C(CCS(=O)(=O)C1CCCC1)NNC(=O)c1ccc(Br)cc1. The first-order chi connectivity index (χ1) is 10.9. The largest absolute Gasteiger partial charge is 0.273 e. The molecular formula is C15H19BrN2O4S. The maximum atomic E-state index is 12.1. The smallest absolute Gasteiger partial charge is 0.269 e. The predicted octanol–water partition coefficient (Wildman–Crippen LogP) is 1.96. The molecule has 0 atom stereocenters. The monoisotopic (exact) mass is 402 g/mol. The van der Waals surface area contributed by atoms with Crippen LogP contribution in [0.1, 0.15) is 42.5 Å². The summed E-state index contributed by atoms with van der Waals surface area (Å²) in [7, 11) is -3.23. The van der Waals surface area contributed by atoms with E-state index in [9.17, 15) is 18.0 Å². The first-order valence-corrected chi connectivity index (χ1v) is 9.95. The van der Waals surface area contributed by atoms with Gasteiger partial charge in [0.1, 0.15) is 0 Å². The third kappa shape index (κ3) is 5.31. The van der Waals surface area contributed by atoms with Gasteiger partial charge in [-0.25, -0.2) is 8.42 Å². The summed E-state index contributed by atoms with van der Waals surface area (Å²) in [5, 5.41) is -0.312. The lowest BCUT2D eigenvalue weighted by Gasteiger charge is -2.11. The molecule has 1 saturated carbocycles. The summed E-state index contributed by atoms with van der Waals surface area (Å²) in [6.45, 7) is 0. The van der Waals surface area contributed by atoms with Gasteiger partial charge in [0.15, 0.2) is 9.84 Å². The molecule has 1 aliphatic rings. The average molecular weight is 403 g/mol. The van der Waals surface area contributed by atoms with E-state index in [0.29, 0.717) is 18.4 Å². The van der Waals surface area contributed by atoms with Crippen LogP contribution >= 0.6 is 15.9 Å². The van der Waals surface area contributed by atoms with Gasteiger partial charge in [0.2, 0.25) is 5.91 Å². The Labute approximate surface area is 144 Å². The van der Waals surface area contributed by atoms with Crippen molar-refractivity contribution in [3.8, 4) is 0 Å². The predicted molar refractivity (Wildman–Crippen MR) is 90.4 cm³/mol. The van der Waals surface area contributed by atoms with Crippen LogP contribution in [0.15, 0.2) is 28.7 Å². The standard InChI is InChI=1S/C15H19BrN2O4S/c16-12-7-5-11(6-8-12)15(20)18-17-14(19)9-10-23(21,22)13-3-1-2-4-13/h5-8,13H,1-4,9-10H2,(H,17,19)(H,18,20). The first-order valence-electron chi connectivity index (χ1n) is 7.45. The van der Waals surface area contributed by atoms with E-state index in [2.05, 4.69) is 26.8 Å². The molecule has 0 aliphatic heterocycles. The molecule has 0 aromatic heterocycles. The molecule has 126 valence electrons. The van der Waals surface area contributed by atoms with Crippen LogP contribution in [-0.2, 0) is 14.6 Å². The normalized spacial score (nSPS) is 15.3. The summed E-state index contributed by atoms with van der Waals surface area (Å²) in [6.07, 6.45) is 3.08. The van der Waals surface area contributed by atoms with Gasteiger partial charge in [-0.1, -0.05) is 28.8 Å². The molecule has 0 saturated heterocycles. The van der Waals surface area contributed by atoms with Crippen LogP contribution in [0.25, 0.3) is 0 Å². The molecule has 0 heterocycles. The van der Waals surface area contributed by atoms with Crippen LogP contribution in [0.3, 0.4) is 0 Å². The summed E-state index contributed by atoms with van der Waals surface area (Å²) >= 11 is 3.27. The minimum absolute atomic E-state index is 0.153. The molecule has 23 heavy (non-hydrogen) atoms. The summed E-state index contributed by atoms with van der Waals surface area (Å²) in [5.74, 6) is -1.15. The second kappa shape index (κ2) is 7.92. The van der Waals surface area contributed by atoms with E-state index in [1.165, 1.54) is 0 Å². The average Bonchev–Trinajstić information content (AvgIpc) is 3.06. The summed E-state index contributed by atoms with van der Waals surface area (Å²) in [4.78, 5) is 23.5. The number of hydrogen-bond donors (Lipinski definition) is 2. The van der Waals surface area contributed by atoms with Crippen molar-refractivity contribution in [3.05, 3.63) is 34.3 Å². The van der Waals surface area contributed by atoms with E-state index in [1.807, 2.05) is 0 Å². The highest BCUT2D eigenvalue weighted by atomic mass is 79.9. The Bertz CT molecular complexity index is 667. The first kappa shape index (κ1) is 17.9. The number of carbonyl (C=O) groups is 2. The van der Waals surface area contributed by atoms with Crippen LogP contribution < -0.4 is 10.9 Å². The van der Waals surface area contributed by atoms with Crippen molar-refractivity contribution in [2.75, 3.05) is 5.75 Å². The third-order valence-electron chi connectivity index (χ3n) is 3.85. The van der Waals surface area contributed by atoms with E-state index < -0.39 is 21.7 Å². The van der Waals surface area contributed by atoms with Crippen LogP contribution in [0.4, 0.5) is 0 Å². The van der Waals surface area contributed by atoms with Crippen molar-refractivity contribution in [1.29, 1.82) is 0 Å². The molecule has 1 aromatic carbocycles. The van der Waals surface area contributed by atoms with Gasteiger partial charge in [-0.05, 0) is 37.1 Å². The number of hydrazine groups is 1. The van der Waals surface area contributed by atoms with E-state index in [-0.39, 0.29) is 17.4 Å². The second-order valence-electron chi connectivity index (χ2n) is 5.53. The molecule has 1 fully saturated rings. The third-order valence-corrected chi connectivity index (χ3v) is 6.63. The number of nitrogens with one attached hydrogen (secondary N) is 2. The molecule has 8 heteroatoms. The van der Waals surface area contributed by atoms with Gasteiger partial charge in [-0.3, -0.25) is 20.4 Å². The van der Waals surface area contributed by atoms with Crippen molar-refractivity contribution in [2.24, 2.45) is 0 Å². The Hall–Kier alpha value is -1.41. The molecule has 2 rings (SSSR count). The van der Waals surface area contributed by atoms with E-state index in [4.69, 9.17) is 0 Å². The Morgan fingerprint density at radius 3 is 2.30 bits per heavy atom. The highest BCUT2D eigenvalue weighted by Crippen LogP contribution is 2.25. The summed E-state index contributed by atoms with van der Waals surface area (Å²) in [6, 6.07) is 6.64. The quantitative estimate of drug-likeness (QED) is 0.736. The van der Waals surface area contributed by atoms with Crippen LogP contribution in [-0.4, -0.2) is 31.2 Å². The molecule has 0 spiro atoms. The molecule has 1 aliphatic carbocycles. The van der Waals surface area contributed by atoms with E-state index >= 15 is 0 Å². The molecule has 0 bridgehead atoms. The molecule has 2 N–H and O–H groups in total. The van der Waals surface area contributed by atoms with Gasteiger partial charge in [-0.2, -0.15) is 0 Å². The van der Waals surface area contributed by atoms with Crippen molar-refractivity contribution >= 4 is 37.6 Å². The maximum absolute atomic E-state index is 12.1. The maximum Gasteiger partial charge on any atom is 0.269 e. The molecule has 2 amide bonds. The van der Waals surface area contributed by atoms with Gasteiger partial charge in [0, 0.05) is 16.5 Å². The fraction of sp³-hybridized carbons (Fsp3) is 0.467. The summed E-state index contributed by atoms with van der Waals surface area (Å²) < 4.78 is 25.0. The van der Waals surface area contributed by atoms with E-state index in [0.717, 1.165) is 17.3 Å². The number of hydrogen-bond acceptors (Lipinski definition) is 4. The summed E-state index contributed by atoms with van der Waals surface area (Å²) in [5.41, 5.74) is 4.91. The zero-order valence-electron chi connectivity index (χ0n) is 12.5. The van der Waals surface area contributed by atoms with Crippen molar-refractivity contribution in [1.82, 2.24) is 10.9 Å². The minimum atomic E-state index is -3.23. The zero-order chi connectivity index (χ0) is 16.9. The van der Waals surface area contributed by atoms with Crippen LogP contribution in [0, 0.1) is 0 Å². The van der Waals surface area contributed by atoms with Gasteiger partial charge < -0.3 is 0 Å². The van der Waals surface area contributed by atoms with Gasteiger partial charge in [0.05, 0.1) is 11.0 Å². The number of benzene rings is 1. The van der Waals surface area contributed by atoms with Gasteiger partial charge in [-0.15, -0.1) is 0 Å². The number of halogens is 1. The number of rotatable bonds is 5. The lowest BCUT2D eigenvalue weighted by molar-refractivity contribution is -0.121. The Balaban J connectivity index is 1.76. The topological polar surface area (TPSA) is 92.3 Å². The molecular weight excluding hydrogens is 384 g/mol. The van der Waals surface area contributed by atoms with Gasteiger partial charge >= 0.3 is 0 Å².